The van der Waals surface area contributed by atoms with E-state index in [1.807, 2.05) is 14.1 Å². The van der Waals surface area contributed by atoms with Crippen molar-refractivity contribution in [2.24, 2.45) is 0 Å². The molecule has 0 aliphatic rings. The Morgan fingerprint density at radius 1 is 1.45 bits per heavy atom. The van der Waals surface area contributed by atoms with Gasteiger partial charge in [0.05, 0.1) is 12.5 Å². The summed E-state index contributed by atoms with van der Waals surface area (Å²) in [7, 11) is 4.08. The molecular formula is C9H18N2. The van der Waals surface area contributed by atoms with Crippen LogP contribution in [0, 0.1) is 11.3 Å². The van der Waals surface area contributed by atoms with Crippen LogP contribution in [0.3, 0.4) is 0 Å². The highest BCUT2D eigenvalue weighted by atomic mass is 15.1. The lowest BCUT2D eigenvalue weighted by molar-refractivity contribution is 0.277. The van der Waals surface area contributed by atoms with E-state index < -0.39 is 0 Å². The van der Waals surface area contributed by atoms with Crippen LogP contribution in [-0.2, 0) is 0 Å². The molecule has 0 spiro atoms. The molecule has 1 unspecified atom stereocenters. The predicted molar refractivity (Wildman–Crippen MR) is 47.2 cm³/mol. The second kappa shape index (κ2) is 6.18. The second-order valence-electron chi connectivity index (χ2n) is 3.12. The normalized spacial score (nSPS) is 13.0. The SMILES string of the molecule is CCCCC(CC#N)N(C)C. The van der Waals surface area contributed by atoms with E-state index in [-0.39, 0.29) is 0 Å². The number of rotatable bonds is 5. The summed E-state index contributed by atoms with van der Waals surface area (Å²) in [4.78, 5) is 2.14. The van der Waals surface area contributed by atoms with Gasteiger partial charge in [-0.15, -0.1) is 0 Å². The molecule has 0 amide bonds. The van der Waals surface area contributed by atoms with Gasteiger partial charge in [-0.25, -0.2) is 0 Å². The van der Waals surface area contributed by atoms with E-state index in [2.05, 4.69) is 17.9 Å². The van der Waals surface area contributed by atoms with Gasteiger partial charge >= 0.3 is 0 Å². The largest absolute Gasteiger partial charge is 0.305 e. The number of unbranched alkanes of at least 4 members (excludes halogenated alkanes) is 1. The molecule has 0 aromatic rings. The summed E-state index contributed by atoms with van der Waals surface area (Å²) in [5.74, 6) is 0. The van der Waals surface area contributed by atoms with Crippen LogP contribution in [0.15, 0.2) is 0 Å². The third-order valence-corrected chi connectivity index (χ3v) is 1.95. The number of hydrogen-bond acceptors (Lipinski definition) is 2. The van der Waals surface area contributed by atoms with E-state index in [9.17, 15) is 0 Å². The summed E-state index contributed by atoms with van der Waals surface area (Å²) in [5, 5.41) is 8.51. The molecule has 0 aromatic carbocycles. The van der Waals surface area contributed by atoms with Crippen LogP contribution in [0.1, 0.15) is 32.6 Å². The van der Waals surface area contributed by atoms with Gasteiger partial charge in [-0.3, -0.25) is 0 Å². The third kappa shape index (κ3) is 4.80. The molecule has 0 N–H and O–H groups in total. The quantitative estimate of drug-likeness (QED) is 0.605. The molecule has 0 aliphatic heterocycles. The lowest BCUT2D eigenvalue weighted by atomic mass is 10.1. The molecule has 64 valence electrons. The lowest BCUT2D eigenvalue weighted by Crippen LogP contribution is -2.27. The zero-order valence-corrected chi connectivity index (χ0v) is 7.80. The molecule has 11 heavy (non-hydrogen) atoms. The zero-order valence-electron chi connectivity index (χ0n) is 7.80. The Morgan fingerprint density at radius 3 is 2.45 bits per heavy atom. The smallest absolute Gasteiger partial charge is 0.0638 e. The van der Waals surface area contributed by atoms with Crippen molar-refractivity contribution in [1.29, 1.82) is 5.26 Å². The van der Waals surface area contributed by atoms with Crippen LogP contribution in [0.2, 0.25) is 0 Å². The average Bonchev–Trinajstić information content (AvgIpc) is 1.97. The van der Waals surface area contributed by atoms with Gasteiger partial charge in [-0.05, 0) is 20.5 Å². The van der Waals surface area contributed by atoms with Gasteiger partial charge in [0.15, 0.2) is 0 Å². The van der Waals surface area contributed by atoms with Crippen LogP contribution < -0.4 is 0 Å². The van der Waals surface area contributed by atoms with Gasteiger partial charge in [0.1, 0.15) is 0 Å². The van der Waals surface area contributed by atoms with Crippen molar-refractivity contribution in [3.05, 3.63) is 0 Å². The number of nitriles is 1. The Morgan fingerprint density at radius 2 is 2.09 bits per heavy atom. The first-order valence-corrected chi connectivity index (χ1v) is 4.25. The second-order valence-corrected chi connectivity index (χ2v) is 3.12. The fourth-order valence-electron chi connectivity index (χ4n) is 1.09. The molecule has 0 aromatic heterocycles. The molecule has 0 rings (SSSR count). The maximum atomic E-state index is 8.51. The Kier molecular flexibility index (Phi) is 5.87. The summed E-state index contributed by atoms with van der Waals surface area (Å²) in [6.07, 6.45) is 4.25. The maximum Gasteiger partial charge on any atom is 0.0638 e. The van der Waals surface area contributed by atoms with Gasteiger partial charge < -0.3 is 4.90 Å². The lowest BCUT2D eigenvalue weighted by Gasteiger charge is -2.20. The molecule has 0 bridgehead atoms. The molecular weight excluding hydrogens is 136 g/mol. The maximum absolute atomic E-state index is 8.51. The average molecular weight is 154 g/mol. The van der Waals surface area contributed by atoms with E-state index in [0.717, 1.165) is 6.42 Å². The highest BCUT2D eigenvalue weighted by Gasteiger charge is 2.08. The molecule has 0 radical (unpaired) electrons. The summed E-state index contributed by atoms with van der Waals surface area (Å²) >= 11 is 0. The van der Waals surface area contributed by atoms with Crippen LogP contribution >= 0.6 is 0 Å². The summed E-state index contributed by atoms with van der Waals surface area (Å²) in [6, 6.07) is 2.67. The van der Waals surface area contributed by atoms with Crippen molar-refractivity contribution in [1.82, 2.24) is 4.90 Å². The minimum absolute atomic E-state index is 0.458. The van der Waals surface area contributed by atoms with E-state index in [1.165, 1.54) is 12.8 Å². The first-order chi connectivity index (χ1) is 5.22. The molecule has 1 atom stereocenters. The predicted octanol–water partition coefficient (Wildman–Crippen LogP) is 2.02. The first kappa shape index (κ1) is 10.4. The van der Waals surface area contributed by atoms with Gasteiger partial charge in [0, 0.05) is 6.04 Å². The van der Waals surface area contributed by atoms with E-state index in [0.29, 0.717) is 12.5 Å². The van der Waals surface area contributed by atoms with Gasteiger partial charge in [-0.1, -0.05) is 19.8 Å². The first-order valence-electron chi connectivity index (χ1n) is 4.25. The standard InChI is InChI=1S/C9H18N2/c1-4-5-6-9(7-8-10)11(2)3/h9H,4-7H2,1-3H3. The van der Waals surface area contributed by atoms with E-state index in [4.69, 9.17) is 5.26 Å². The highest BCUT2D eigenvalue weighted by Crippen LogP contribution is 2.08. The third-order valence-electron chi connectivity index (χ3n) is 1.95. The summed E-state index contributed by atoms with van der Waals surface area (Å²) < 4.78 is 0. The Bertz CT molecular complexity index is 124. The van der Waals surface area contributed by atoms with Crippen molar-refractivity contribution < 1.29 is 0 Å². The van der Waals surface area contributed by atoms with E-state index >= 15 is 0 Å². The van der Waals surface area contributed by atoms with E-state index in [1.54, 1.807) is 0 Å². The summed E-state index contributed by atoms with van der Waals surface area (Å²) in [5.41, 5.74) is 0. The van der Waals surface area contributed by atoms with Gasteiger partial charge in [0.25, 0.3) is 0 Å². The molecule has 0 heterocycles. The van der Waals surface area contributed by atoms with Crippen LogP contribution in [-0.4, -0.2) is 25.0 Å². The highest BCUT2D eigenvalue weighted by molar-refractivity contribution is 4.80. The van der Waals surface area contributed by atoms with Gasteiger partial charge in [0.2, 0.25) is 0 Å². The molecule has 0 saturated heterocycles. The topological polar surface area (TPSA) is 27.0 Å². The Labute approximate surface area is 69.8 Å². The molecule has 2 nitrogen and oxygen atoms in total. The van der Waals surface area contributed by atoms with Crippen LogP contribution in [0.4, 0.5) is 0 Å². The Hall–Kier alpha value is -0.550. The minimum Gasteiger partial charge on any atom is -0.305 e. The molecule has 0 fully saturated rings. The van der Waals surface area contributed by atoms with Crippen molar-refractivity contribution in [2.45, 2.75) is 38.6 Å². The van der Waals surface area contributed by atoms with Crippen molar-refractivity contribution in [3.63, 3.8) is 0 Å². The molecule has 0 aliphatic carbocycles. The van der Waals surface area contributed by atoms with Gasteiger partial charge in [-0.2, -0.15) is 5.26 Å². The van der Waals surface area contributed by atoms with Crippen LogP contribution in [0.5, 0.6) is 0 Å². The number of nitrogens with zero attached hydrogens (tertiary/aromatic N) is 2. The fourth-order valence-corrected chi connectivity index (χ4v) is 1.09. The minimum atomic E-state index is 0.458. The molecule has 0 saturated carbocycles. The van der Waals surface area contributed by atoms with Crippen LogP contribution in [0.25, 0.3) is 0 Å². The molecule has 2 heteroatoms. The monoisotopic (exact) mass is 154 g/mol. The number of hydrogen-bond donors (Lipinski definition) is 0. The van der Waals surface area contributed by atoms with Crippen molar-refractivity contribution in [3.8, 4) is 6.07 Å². The Balaban J connectivity index is 3.62. The summed E-state index contributed by atoms with van der Waals surface area (Å²) in [6.45, 7) is 2.18. The van der Waals surface area contributed by atoms with Crippen molar-refractivity contribution >= 4 is 0 Å². The fraction of sp³-hybridized carbons (Fsp3) is 0.889. The van der Waals surface area contributed by atoms with Crippen molar-refractivity contribution in [2.75, 3.05) is 14.1 Å². The zero-order chi connectivity index (χ0) is 8.69.